The van der Waals surface area contributed by atoms with Crippen LogP contribution in [0.4, 0.5) is 0 Å². The van der Waals surface area contributed by atoms with Crippen molar-refractivity contribution in [3.63, 3.8) is 0 Å². The second-order valence-corrected chi connectivity index (χ2v) is 9.25. The Morgan fingerprint density at radius 3 is 1.91 bits per heavy atom. The Kier molecular flexibility index (Phi) is 6.28. The summed E-state index contributed by atoms with van der Waals surface area (Å²) in [6.07, 6.45) is 0. The quantitative estimate of drug-likeness (QED) is 0.612. The third-order valence-corrected chi connectivity index (χ3v) is 4.47. The van der Waals surface area contributed by atoms with Gasteiger partial charge in [-0.1, -0.05) is 32.9 Å². The second-order valence-electron chi connectivity index (χ2n) is 7.35. The van der Waals surface area contributed by atoms with E-state index in [9.17, 15) is 9.00 Å². The first kappa shape index (κ1) is 19.6. The summed E-state index contributed by atoms with van der Waals surface area (Å²) in [5.41, 5.74) is 1.87. The molecule has 0 fully saturated rings. The van der Waals surface area contributed by atoms with Crippen molar-refractivity contribution in [3.8, 4) is 0 Å². The van der Waals surface area contributed by atoms with Crippen LogP contribution in [0.15, 0.2) is 28.7 Å². The Morgan fingerprint density at radius 2 is 1.52 bits per heavy atom. The van der Waals surface area contributed by atoms with Gasteiger partial charge in [-0.3, -0.25) is 0 Å². The molecule has 0 amide bonds. The van der Waals surface area contributed by atoms with Gasteiger partial charge >= 0.3 is 5.97 Å². The van der Waals surface area contributed by atoms with Gasteiger partial charge in [0, 0.05) is 5.41 Å². The molecule has 0 unspecified atom stereocenters. The van der Waals surface area contributed by atoms with E-state index < -0.39 is 15.7 Å². The maximum absolute atomic E-state index is 12.4. The molecule has 0 saturated carbocycles. The van der Waals surface area contributed by atoms with Crippen molar-refractivity contribution in [3.05, 3.63) is 35.4 Å². The average Bonchev–Trinajstić information content (AvgIpc) is 2.42. The molecule has 0 spiro atoms. The van der Waals surface area contributed by atoms with E-state index >= 15 is 0 Å². The highest BCUT2D eigenvalue weighted by Gasteiger charge is 2.26. The topological polar surface area (TPSA) is 55.7 Å². The SMILES string of the molecule is CCOC(=O)c1ccc(C(=N[S@@](=O)C(C)(C)C)C(C)(C)C)cc1. The molecule has 0 aliphatic carbocycles. The predicted molar refractivity (Wildman–Crippen MR) is 96.3 cm³/mol. The normalized spacial score (nSPS) is 14.5. The number of carbonyl (C=O) groups excluding carboxylic acids is 1. The van der Waals surface area contributed by atoms with Crippen LogP contribution in [0, 0.1) is 5.41 Å². The van der Waals surface area contributed by atoms with Crippen LogP contribution in [0.1, 0.15) is 64.4 Å². The van der Waals surface area contributed by atoms with Gasteiger partial charge in [-0.2, -0.15) is 4.40 Å². The zero-order chi connectivity index (χ0) is 17.8. The van der Waals surface area contributed by atoms with E-state index in [1.807, 2.05) is 53.7 Å². The summed E-state index contributed by atoms with van der Waals surface area (Å²) in [7, 11) is -1.34. The Balaban J connectivity index is 3.23. The molecular formula is C18H27NO3S. The van der Waals surface area contributed by atoms with Gasteiger partial charge in [0.25, 0.3) is 0 Å². The van der Waals surface area contributed by atoms with Crippen LogP contribution in [-0.4, -0.2) is 27.2 Å². The first-order valence-electron chi connectivity index (χ1n) is 7.75. The zero-order valence-corrected chi connectivity index (χ0v) is 15.9. The van der Waals surface area contributed by atoms with Crippen LogP contribution in [0.2, 0.25) is 0 Å². The highest BCUT2D eigenvalue weighted by Crippen LogP contribution is 2.25. The number of rotatable bonds is 4. The molecule has 23 heavy (non-hydrogen) atoms. The molecule has 0 aromatic heterocycles. The molecule has 1 aromatic rings. The van der Waals surface area contributed by atoms with E-state index in [1.54, 1.807) is 19.1 Å². The molecule has 1 atom stereocenters. The Morgan fingerprint density at radius 1 is 1.04 bits per heavy atom. The molecule has 0 radical (unpaired) electrons. The minimum Gasteiger partial charge on any atom is -0.462 e. The van der Waals surface area contributed by atoms with E-state index in [0.717, 1.165) is 11.3 Å². The molecule has 0 bridgehead atoms. The number of hydrogen-bond donors (Lipinski definition) is 0. The van der Waals surface area contributed by atoms with Crippen molar-refractivity contribution < 1.29 is 13.7 Å². The van der Waals surface area contributed by atoms with Crippen molar-refractivity contribution in [2.75, 3.05) is 6.61 Å². The van der Waals surface area contributed by atoms with Crippen LogP contribution in [0.5, 0.6) is 0 Å². The minimum atomic E-state index is -1.34. The van der Waals surface area contributed by atoms with Crippen molar-refractivity contribution in [2.45, 2.75) is 53.2 Å². The number of hydrogen-bond acceptors (Lipinski definition) is 3. The van der Waals surface area contributed by atoms with Crippen LogP contribution < -0.4 is 0 Å². The molecule has 0 N–H and O–H groups in total. The fourth-order valence-corrected chi connectivity index (χ4v) is 2.64. The predicted octanol–water partition coefficient (Wildman–Crippen LogP) is 4.16. The lowest BCUT2D eigenvalue weighted by atomic mass is 9.85. The molecule has 0 aliphatic rings. The van der Waals surface area contributed by atoms with Crippen LogP contribution in [0.25, 0.3) is 0 Å². The lowest BCUT2D eigenvalue weighted by Gasteiger charge is -2.23. The number of esters is 1. The molecule has 0 aliphatic heterocycles. The number of carbonyl (C=O) groups is 1. The smallest absolute Gasteiger partial charge is 0.338 e. The van der Waals surface area contributed by atoms with Gasteiger partial charge in [0.05, 0.1) is 22.6 Å². The van der Waals surface area contributed by atoms with E-state index in [2.05, 4.69) is 4.40 Å². The molecule has 1 aromatic carbocycles. The summed E-state index contributed by atoms with van der Waals surface area (Å²) >= 11 is 0. The van der Waals surface area contributed by atoms with Crippen molar-refractivity contribution in [1.29, 1.82) is 0 Å². The summed E-state index contributed by atoms with van der Waals surface area (Å²) in [4.78, 5) is 11.7. The summed E-state index contributed by atoms with van der Waals surface area (Å²) in [6.45, 7) is 13.9. The molecule has 0 saturated heterocycles. The first-order valence-corrected chi connectivity index (χ1v) is 8.86. The van der Waals surface area contributed by atoms with Gasteiger partial charge in [0.2, 0.25) is 0 Å². The molecule has 5 heteroatoms. The van der Waals surface area contributed by atoms with Crippen molar-refractivity contribution in [2.24, 2.45) is 9.81 Å². The highest BCUT2D eigenvalue weighted by atomic mass is 32.2. The summed E-state index contributed by atoms with van der Waals surface area (Å²) < 4.78 is 21.4. The molecule has 1 rings (SSSR count). The van der Waals surface area contributed by atoms with Gasteiger partial charge in [0.1, 0.15) is 11.0 Å². The number of ether oxygens (including phenoxy) is 1. The van der Waals surface area contributed by atoms with Gasteiger partial charge in [-0.25, -0.2) is 9.00 Å². The van der Waals surface area contributed by atoms with E-state index in [0.29, 0.717) is 12.2 Å². The lowest BCUT2D eigenvalue weighted by molar-refractivity contribution is 0.0526. The van der Waals surface area contributed by atoms with E-state index in [4.69, 9.17) is 4.74 Å². The molecular weight excluding hydrogens is 310 g/mol. The minimum absolute atomic E-state index is 0.258. The van der Waals surface area contributed by atoms with Crippen molar-refractivity contribution in [1.82, 2.24) is 0 Å². The highest BCUT2D eigenvalue weighted by molar-refractivity contribution is 7.85. The van der Waals surface area contributed by atoms with Gasteiger partial charge < -0.3 is 4.74 Å². The average molecular weight is 337 g/mol. The number of nitrogens with zero attached hydrogens (tertiary/aromatic N) is 1. The Hall–Kier alpha value is -1.49. The standard InChI is InChI=1S/C18H27NO3S/c1-8-22-16(20)14-11-9-13(10-12-14)15(17(2,3)4)19-23(21)18(5,6)7/h9-12H,8H2,1-7H3/t23-/m0/s1. The fraction of sp³-hybridized carbons (Fsp3) is 0.556. The molecule has 0 heterocycles. The number of benzene rings is 1. The van der Waals surface area contributed by atoms with Gasteiger partial charge in [-0.05, 0) is 45.4 Å². The van der Waals surface area contributed by atoms with Crippen molar-refractivity contribution >= 4 is 22.7 Å². The Bertz CT molecular complexity index is 605. The monoisotopic (exact) mass is 337 g/mol. The molecule has 4 nitrogen and oxygen atoms in total. The molecule has 128 valence electrons. The third-order valence-electron chi connectivity index (χ3n) is 3.08. The largest absolute Gasteiger partial charge is 0.462 e. The summed E-state index contributed by atoms with van der Waals surface area (Å²) in [6, 6.07) is 7.09. The maximum Gasteiger partial charge on any atom is 0.338 e. The van der Waals surface area contributed by atoms with Gasteiger partial charge in [-0.15, -0.1) is 0 Å². The van der Waals surface area contributed by atoms with Crippen LogP contribution in [0.3, 0.4) is 0 Å². The second kappa shape index (κ2) is 7.39. The fourth-order valence-electron chi connectivity index (χ4n) is 1.82. The zero-order valence-electron chi connectivity index (χ0n) is 15.1. The van der Waals surface area contributed by atoms with Crippen LogP contribution >= 0.6 is 0 Å². The summed E-state index contributed by atoms with van der Waals surface area (Å²) in [5.74, 6) is -0.341. The van der Waals surface area contributed by atoms with E-state index in [-0.39, 0.29) is 11.4 Å². The van der Waals surface area contributed by atoms with E-state index in [1.165, 1.54) is 0 Å². The summed E-state index contributed by atoms with van der Waals surface area (Å²) in [5, 5.41) is 0. The van der Waals surface area contributed by atoms with Gasteiger partial charge in [0.15, 0.2) is 0 Å². The first-order chi connectivity index (χ1) is 10.5. The maximum atomic E-state index is 12.4. The third kappa shape index (κ3) is 5.57. The lowest BCUT2D eigenvalue weighted by Crippen LogP contribution is -2.26. The van der Waals surface area contributed by atoms with Crippen LogP contribution in [-0.2, 0) is 15.7 Å². The Labute approximate surface area is 141 Å².